The third kappa shape index (κ3) is 3.94. The summed E-state index contributed by atoms with van der Waals surface area (Å²) >= 11 is 0. The lowest BCUT2D eigenvalue weighted by Gasteiger charge is -2.36. The summed E-state index contributed by atoms with van der Waals surface area (Å²) in [6.45, 7) is 4.06. The molecule has 2 atom stereocenters. The summed E-state index contributed by atoms with van der Waals surface area (Å²) in [6, 6.07) is 14.0. The standard InChI is InChI=1S/C25H29NO5S/c1-24(2)20-12-13-25(24,22(27)15-20)16-32(30,31)26-21-9-4-3-7-18(21)11-10-17-6-5-8-19(14-17)23(28)29/h3-9,14,20,26H,10-13,15-16H2,1-2H3,(H,28,29). The normalized spacial score (nSPS) is 23.9. The van der Waals surface area contributed by atoms with Crippen molar-refractivity contribution in [2.75, 3.05) is 10.5 Å². The van der Waals surface area contributed by atoms with Crippen LogP contribution >= 0.6 is 0 Å². The molecule has 2 unspecified atom stereocenters. The van der Waals surface area contributed by atoms with Crippen LogP contribution in [0.4, 0.5) is 5.69 Å². The highest BCUT2D eigenvalue weighted by atomic mass is 32.2. The molecule has 32 heavy (non-hydrogen) atoms. The molecule has 0 amide bonds. The Morgan fingerprint density at radius 2 is 1.88 bits per heavy atom. The lowest BCUT2D eigenvalue weighted by atomic mass is 9.70. The number of sulfonamides is 1. The minimum Gasteiger partial charge on any atom is -0.478 e. The van der Waals surface area contributed by atoms with Gasteiger partial charge < -0.3 is 5.11 Å². The molecular formula is C25H29NO5S. The Morgan fingerprint density at radius 1 is 1.12 bits per heavy atom. The lowest BCUT2D eigenvalue weighted by Crippen LogP contribution is -2.43. The molecule has 2 bridgehead atoms. The van der Waals surface area contributed by atoms with Crippen LogP contribution in [0.3, 0.4) is 0 Å². The van der Waals surface area contributed by atoms with E-state index in [0.29, 0.717) is 31.4 Å². The first kappa shape index (κ1) is 22.5. The van der Waals surface area contributed by atoms with Crippen molar-refractivity contribution < 1.29 is 23.1 Å². The van der Waals surface area contributed by atoms with Gasteiger partial charge in [-0.05, 0) is 66.3 Å². The number of Topliss-reactive ketones (excluding diaryl/α,β-unsaturated/α-hetero) is 1. The number of anilines is 1. The fraction of sp³-hybridized carbons (Fsp3) is 0.440. The number of ketones is 1. The first-order valence-corrected chi connectivity index (χ1v) is 12.6. The van der Waals surface area contributed by atoms with Gasteiger partial charge >= 0.3 is 5.97 Å². The van der Waals surface area contributed by atoms with E-state index in [4.69, 9.17) is 0 Å². The number of benzene rings is 2. The number of carbonyl (C=O) groups is 2. The summed E-state index contributed by atoms with van der Waals surface area (Å²) in [6.07, 6.45) is 3.15. The quantitative estimate of drug-likeness (QED) is 0.618. The van der Waals surface area contributed by atoms with Crippen molar-refractivity contribution >= 4 is 27.5 Å². The van der Waals surface area contributed by atoms with E-state index in [1.165, 1.54) is 0 Å². The van der Waals surface area contributed by atoms with E-state index in [9.17, 15) is 23.1 Å². The predicted molar refractivity (Wildman–Crippen MR) is 123 cm³/mol. The monoisotopic (exact) mass is 455 g/mol. The molecule has 6 nitrogen and oxygen atoms in total. The number of para-hydroxylation sites is 1. The molecule has 0 aliphatic heterocycles. The molecule has 0 heterocycles. The summed E-state index contributed by atoms with van der Waals surface area (Å²) in [5, 5.41) is 9.18. The van der Waals surface area contributed by atoms with Gasteiger partial charge in [-0.15, -0.1) is 0 Å². The van der Waals surface area contributed by atoms with E-state index in [0.717, 1.165) is 17.5 Å². The summed E-state index contributed by atoms with van der Waals surface area (Å²) in [5.41, 5.74) is 1.32. The van der Waals surface area contributed by atoms with E-state index in [1.807, 2.05) is 32.0 Å². The number of fused-ring (bicyclic) bond motifs is 2. The second-order valence-electron chi connectivity index (χ2n) is 9.69. The minimum absolute atomic E-state index is 0.0794. The molecule has 4 rings (SSSR count). The van der Waals surface area contributed by atoms with Crippen LogP contribution in [0, 0.1) is 16.7 Å². The highest BCUT2D eigenvalue weighted by Gasteiger charge is 2.65. The van der Waals surface area contributed by atoms with Crippen LogP contribution in [0.5, 0.6) is 0 Å². The molecule has 2 fully saturated rings. The topological polar surface area (TPSA) is 101 Å². The van der Waals surface area contributed by atoms with Gasteiger partial charge in [-0.2, -0.15) is 0 Å². The van der Waals surface area contributed by atoms with Crippen molar-refractivity contribution in [3.8, 4) is 0 Å². The average molecular weight is 456 g/mol. The van der Waals surface area contributed by atoms with Gasteiger partial charge in [0.2, 0.25) is 10.0 Å². The molecule has 0 saturated heterocycles. The largest absolute Gasteiger partial charge is 0.478 e. The molecule has 2 saturated carbocycles. The van der Waals surface area contributed by atoms with Crippen LogP contribution in [0.25, 0.3) is 0 Å². The van der Waals surface area contributed by atoms with Crippen molar-refractivity contribution in [1.82, 2.24) is 0 Å². The number of aryl methyl sites for hydroxylation is 2. The molecule has 2 aromatic carbocycles. The average Bonchev–Trinajstić information content (AvgIpc) is 3.07. The van der Waals surface area contributed by atoms with Gasteiger partial charge in [0, 0.05) is 6.42 Å². The third-order valence-electron chi connectivity index (χ3n) is 7.72. The summed E-state index contributed by atoms with van der Waals surface area (Å²) in [5.74, 6) is -0.815. The minimum atomic E-state index is -3.74. The van der Waals surface area contributed by atoms with Crippen molar-refractivity contribution in [2.45, 2.75) is 46.0 Å². The van der Waals surface area contributed by atoms with E-state index >= 15 is 0 Å². The number of hydrogen-bond acceptors (Lipinski definition) is 4. The maximum Gasteiger partial charge on any atom is 0.335 e. The Morgan fingerprint density at radius 3 is 2.53 bits per heavy atom. The third-order valence-corrected chi connectivity index (χ3v) is 9.12. The first-order chi connectivity index (χ1) is 15.0. The van der Waals surface area contributed by atoms with Crippen LogP contribution in [0.15, 0.2) is 48.5 Å². The molecule has 7 heteroatoms. The number of nitrogens with one attached hydrogen (secondary N) is 1. The molecule has 0 spiro atoms. The smallest absolute Gasteiger partial charge is 0.335 e. The maximum absolute atomic E-state index is 13.2. The molecular weight excluding hydrogens is 426 g/mol. The van der Waals surface area contributed by atoms with Gasteiger partial charge in [-0.25, -0.2) is 13.2 Å². The number of rotatable bonds is 8. The molecule has 2 aromatic rings. The lowest BCUT2D eigenvalue weighted by molar-refractivity contribution is -0.128. The molecule has 2 aliphatic rings. The zero-order valence-electron chi connectivity index (χ0n) is 18.4. The number of carboxylic acid groups (broad SMARTS) is 1. The van der Waals surface area contributed by atoms with Crippen molar-refractivity contribution in [3.05, 3.63) is 65.2 Å². The Kier molecular flexibility index (Phi) is 5.65. The molecule has 0 aromatic heterocycles. The summed E-state index contributed by atoms with van der Waals surface area (Å²) in [4.78, 5) is 24.0. The van der Waals surface area contributed by atoms with E-state index in [1.54, 1.807) is 30.3 Å². The second-order valence-corrected chi connectivity index (χ2v) is 11.4. The van der Waals surface area contributed by atoms with Crippen molar-refractivity contribution in [2.24, 2.45) is 16.7 Å². The fourth-order valence-electron chi connectivity index (χ4n) is 5.61. The molecule has 2 N–H and O–H groups in total. The van der Waals surface area contributed by atoms with Gasteiger partial charge in [-0.1, -0.05) is 44.2 Å². The number of carbonyl (C=O) groups excluding carboxylic acids is 1. The van der Waals surface area contributed by atoms with Crippen LogP contribution < -0.4 is 4.72 Å². The Bertz CT molecular complexity index is 1170. The molecule has 2 aliphatic carbocycles. The fourth-order valence-corrected chi connectivity index (χ4v) is 7.55. The number of hydrogen-bond donors (Lipinski definition) is 2. The van der Waals surface area contributed by atoms with E-state index in [-0.39, 0.29) is 28.4 Å². The summed E-state index contributed by atoms with van der Waals surface area (Å²) < 4.78 is 29.1. The van der Waals surface area contributed by atoms with Crippen LogP contribution in [-0.4, -0.2) is 31.0 Å². The van der Waals surface area contributed by atoms with Crippen molar-refractivity contribution in [1.29, 1.82) is 0 Å². The second kappa shape index (κ2) is 8.03. The highest BCUT2D eigenvalue weighted by Crippen LogP contribution is 2.64. The van der Waals surface area contributed by atoms with Gasteiger partial charge in [0.15, 0.2) is 0 Å². The van der Waals surface area contributed by atoms with E-state index in [2.05, 4.69) is 4.72 Å². The number of aromatic carboxylic acids is 1. The van der Waals surface area contributed by atoms with Crippen LogP contribution in [0.2, 0.25) is 0 Å². The summed E-state index contributed by atoms with van der Waals surface area (Å²) in [7, 11) is -3.74. The first-order valence-electron chi connectivity index (χ1n) is 11.0. The maximum atomic E-state index is 13.2. The SMILES string of the molecule is CC1(C)C2CCC1(CS(=O)(=O)Nc1ccccc1CCc1cccc(C(=O)O)c1)C(=O)C2. The Labute approximate surface area is 189 Å². The Balaban J connectivity index is 1.51. The molecule has 0 radical (unpaired) electrons. The van der Waals surface area contributed by atoms with Gasteiger partial charge in [0.05, 0.1) is 22.4 Å². The molecule has 170 valence electrons. The zero-order chi connectivity index (χ0) is 23.1. The highest BCUT2D eigenvalue weighted by molar-refractivity contribution is 7.92. The predicted octanol–water partition coefficient (Wildman–Crippen LogP) is 4.31. The number of carboxylic acids is 1. The van der Waals surface area contributed by atoms with Gasteiger partial charge in [0.25, 0.3) is 0 Å². The Hall–Kier alpha value is -2.67. The van der Waals surface area contributed by atoms with Crippen LogP contribution in [0.1, 0.15) is 54.6 Å². The zero-order valence-corrected chi connectivity index (χ0v) is 19.2. The van der Waals surface area contributed by atoms with Crippen LogP contribution in [-0.2, 0) is 27.7 Å². The van der Waals surface area contributed by atoms with Gasteiger partial charge in [-0.3, -0.25) is 9.52 Å². The van der Waals surface area contributed by atoms with Crippen molar-refractivity contribution in [3.63, 3.8) is 0 Å². The van der Waals surface area contributed by atoms with E-state index < -0.39 is 21.4 Å². The van der Waals surface area contributed by atoms with Gasteiger partial charge in [0.1, 0.15) is 5.78 Å².